The monoisotopic (exact) mass is 477 g/mol. The van der Waals surface area contributed by atoms with Gasteiger partial charge in [0.15, 0.2) is 0 Å². The second kappa shape index (κ2) is 8.00. The molecular formula is C19H17Br2N3O2. The summed E-state index contributed by atoms with van der Waals surface area (Å²) in [5.74, 6) is 1.17. The standard InChI is InChI=1S/C19H17Br2N3O2/c20-15-5-1-13(2-6-15)17-11-24(9-10-25-17)12-18-22-23-19(26-18)14-3-7-16(21)8-4-14/h1-8,17H,9-12H2. The number of aromatic nitrogens is 2. The van der Waals surface area contributed by atoms with E-state index in [1.807, 2.05) is 36.4 Å². The maximum atomic E-state index is 5.93. The Morgan fingerprint density at radius 1 is 0.962 bits per heavy atom. The molecule has 0 spiro atoms. The van der Waals surface area contributed by atoms with Crippen LogP contribution in [0.15, 0.2) is 61.9 Å². The number of nitrogens with zero attached hydrogens (tertiary/aromatic N) is 3. The SMILES string of the molecule is Brc1ccc(-c2nnc(CN3CCOC(c4ccc(Br)cc4)C3)o2)cc1. The third kappa shape index (κ3) is 4.23. The van der Waals surface area contributed by atoms with Gasteiger partial charge >= 0.3 is 0 Å². The quantitative estimate of drug-likeness (QED) is 0.537. The molecule has 134 valence electrons. The summed E-state index contributed by atoms with van der Waals surface area (Å²) < 4.78 is 13.9. The molecule has 0 saturated carbocycles. The first-order chi connectivity index (χ1) is 12.7. The van der Waals surface area contributed by atoms with E-state index >= 15 is 0 Å². The van der Waals surface area contributed by atoms with Crippen LogP contribution in [-0.2, 0) is 11.3 Å². The third-order valence-electron chi connectivity index (χ3n) is 4.31. The van der Waals surface area contributed by atoms with E-state index in [-0.39, 0.29) is 6.10 Å². The lowest BCUT2D eigenvalue weighted by molar-refractivity contribution is -0.0351. The molecule has 1 saturated heterocycles. The summed E-state index contributed by atoms with van der Waals surface area (Å²) in [5, 5.41) is 8.37. The average Bonchev–Trinajstić information content (AvgIpc) is 3.11. The maximum absolute atomic E-state index is 5.93. The Kier molecular flexibility index (Phi) is 5.49. The molecule has 0 aliphatic carbocycles. The van der Waals surface area contributed by atoms with Crippen LogP contribution in [0.4, 0.5) is 0 Å². The fraction of sp³-hybridized carbons (Fsp3) is 0.263. The molecular weight excluding hydrogens is 462 g/mol. The number of ether oxygens (including phenoxy) is 1. The van der Waals surface area contributed by atoms with Gasteiger partial charge in [-0.05, 0) is 42.0 Å². The number of halogens is 2. The number of hydrogen-bond acceptors (Lipinski definition) is 5. The number of rotatable bonds is 4. The van der Waals surface area contributed by atoms with Gasteiger partial charge in [0.05, 0.1) is 19.3 Å². The molecule has 1 atom stereocenters. The lowest BCUT2D eigenvalue weighted by atomic mass is 10.1. The number of morpholine rings is 1. The van der Waals surface area contributed by atoms with Gasteiger partial charge in [-0.25, -0.2) is 0 Å². The lowest BCUT2D eigenvalue weighted by Crippen LogP contribution is -2.37. The van der Waals surface area contributed by atoms with Crippen molar-refractivity contribution in [2.24, 2.45) is 0 Å². The summed E-state index contributed by atoms with van der Waals surface area (Å²) in [4.78, 5) is 2.29. The fourth-order valence-electron chi connectivity index (χ4n) is 2.94. The predicted molar refractivity (Wildman–Crippen MR) is 106 cm³/mol. The molecule has 3 aromatic rings. The van der Waals surface area contributed by atoms with Crippen LogP contribution in [0.5, 0.6) is 0 Å². The Morgan fingerprint density at radius 3 is 2.38 bits per heavy atom. The summed E-state index contributed by atoms with van der Waals surface area (Å²) in [7, 11) is 0. The summed E-state index contributed by atoms with van der Waals surface area (Å²) in [6, 6.07) is 16.1. The lowest BCUT2D eigenvalue weighted by Gasteiger charge is -2.32. The molecule has 1 aromatic heterocycles. The summed E-state index contributed by atoms with van der Waals surface area (Å²) in [5.41, 5.74) is 2.10. The molecule has 0 N–H and O–H groups in total. The fourth-order valence-corrected chi connectivity index (χ4v) is 3.47. The molecule has 1 aliphatic rings. The summed E-state index contributed by atoms with van der Waals surface area (Å²) >= 11 is 6.90. The summed E-state index contributed by atoms with van der Waals surface area (Å²) in [6.07, 6.45) is 0.0608. The molecule has 1 aliphatic heterocycles. The Balaban J connectivity index is 1.42. The first-order valence-corrected chi connectivity index (χ1v) is 9.94. The molecule has 0 amide bonds. The highest BCUT2D eigenvalue weighted by molar-refractivity contribution is 9.10. The largest absolute Gasteiger partial charge is 0.419 e. The molecule has 5 nitrogen and oxygen atoms in total. The van der Waals surface area contributed by atoms with Crippen molar-refractivity contribution in [3.8, 4) is 11.5 Å². The van der Waals surface area contributed by atoms with Crippen molar-refractivity contribution in [1.82, 2.24) is 15.1 Å². The van der Waals surface area contributed by atoms with Gasteiger partial charge < -0.3 is 9.15 Å². The van der Waals surface area contributed by atoms with Crippen molar-refractivity contribution in [3.63, 3.8) is 0 Å². The summed E-state index contributed by atoms with van der Waals surface area (Å²) in [6.45, 7) is 2.97. The zero-order valence-corrected chi connectivity index (χ0v) is 17.1. The molecule has 4 rings (SSSR count). The van der Waals surface area contributed by atoms with Gasteiger partial charge in [0.25, 0.3) is 0 Å². The van der Waals surface area contributed by atoms with E-state index in [1.165, 1.54) is 5.56 Å². The van der Waals surface area contributed by atoms with Crippen LogP contribution in [-0.4, -0.2) is 34.8 Å². The second-order valence-electron chi connectivity index (χ2n) is 6.15. The Labute approximate surface area is 168 Å². The number of hydrogen-bond donors (Lipinski definition) is 0. The zero-order valence-electron chi connectivity index (χ0n) is 13.9. The van der Waals surface area contributed by atoms with Gasteiger partial charge in [-0.3, -0.25) is 4.90 Å². The molecule has 2 aromatic carbocycles. The van der Waals surface area contributed by atoms with Crippen molar-refractivity contribution in [3.05, 3.63) is 68.9 Å². The van der Waals surface area contributed by atoms with Gasteiger partial charge in [-0.15, -0.1) is 10.2 Å². The van der Waals surface area contributed by atoms with Gasteiger partial charge in [-0.2, -0.15) is 0 Å². The highest BCUT2D eigenvalue weighted by atomic mass is 79.9. The van der Waals surface area contributed by atoms with Crippen molar-refractivity contribution >= 4 is 31.9 Å². The zero-order chi connectivity index (χ0) is 17.9. The van der Waals surface area contributed by atoms with Crippen molar-refractivity contribution in [2.45, 2.75) is 12.6 Å². The maximum Gasteiger partial charge on any atom is 0.247 e. The van der Waals surface area contributed by atoms with Crippen LogP contribution in [0.3, 0.4) is 0 Å². The highest BCUT2D eigenvalue weighted by Crippen LogP contribution is 2.25. The van der Waals surface area contributed by atoms with E-state index in [2.05, 4.69) is 59.1 Å². The molecule has 26 heavy (non-hydrogen) atoms. The van der Waals surface area contributed by atoms with E-state index in [0.717, 1.165) is 27.6 Å². The minimum Gasteiger partial charge on any atom is -0.419 e. The van der Waals surface area contributed by atoms with Crippen molar-refractivity contribution in [2.75, 3.05) is 19.7 Å². The molecule has 1 unspecified atom stereocenters. The topological polar surface area (TPSA) is 51.4 Å². The molecule has 2 heterocycles. The van der Waals surface area contributed by atoms with E-state index in [9.17, 15) is 0 Å². The van der Waals surface area contributed by atoms with Gasteiger partial charge in [-0.1, -0.05) is 44.0 Å². The Hall–Kier alpha value is -1.54. The first-order valence-electron chi connectivity index (χ1n) is 8.35. The molecule has 7 heteroatoms. The van der Waals surface area contributed by atoms with Crippen LogP contribution >= 0.6 is 31.9 Å². The van der Waals surface area contributed by atoms with Crippen molar-refractivity contribution in [1.29, 1.82) is 0 Å². The average molecular weight is 479 g/mol. The highest BCUT2D eigenvalue weighted by Gasteiger charge is 2.23. The van der Waals surface area contributed by atoms with E-state index in [1.54, 1.807) is 0 Å². The van der Waals surface area contributed by atoms with Crippen LogP contribution in [0.1, 0.15) is 17.6 Å². The first kappa shape index (κ1) is 17.9. The minimum atomic E-state index is 0.0608. The minimum absolute atomic E-state index is 0.0608. The van der Waals surface area contributed by atoms with E-state index in [4.69, 9.17) is 9.15 Å². The van der Waals surface area contributed by atoms with Crippen LogP contribution in [0, 0.1) is 0 Å². The molecule has 0 radical (unpaired) electrons. The van der Waals surface area contributed by atoms with Gasteiger partial charge in [0.1, 0.15) is 0 Å². The third-order valence-corrected chi connectivity index (χ3v) is 5.37. The predicted octanol–water partition coefficient (Wildman–Crippen LogP) is 4.84. The normalized spacial score (nSPS) is 18.2. The molecule has 1 fully saturated rings. The van der Waals surface area contributed by atoms with E-state index < -0.39 is 0 Å². The van der Waals surface area contributed by atoms with Crippen LogP contribution in [0.25, 0.3) is 11.5 Å². The Morgan fingerprint density at radius 2 is 1.65 bits per heavy atom. The second-order valence-corrected chi connectivity index (χ2v) is 7.99. The van der Waals surface area contributed by atoms with Crippen LogP contribution < -0.4 is 0 Å². The Bertz CT molecular complexity index is 865. The number of benzene rings is 2. The van der Waals surface area contributed by atoms with Gasteiger partial charge in [0, 0.05) is 27.6 Å². The smallest absolute Gasteiger partial charge is 0.247 e. The van der Waals surface area contributed by atoms with Gasteiger partial charge in [0.2, 0.25) is 11.8 Å². The molecule has 0 bridgehead atoms. The van der Waals surface area contributed by atoms with E-state index in [0.29, 0.717) is 24.9 Å². The van der Waals surface area contributed by atoms with Crippen LogP contribution in [0.2, 0.25) is 0 Å². The van der Waals surface area contributed by atoms with Crippen molar-refractivity contribution < 1.29 is 9.15 Å².